The van der Waals surface area contributed by atoms with Crippen LogP contribution in [0.5, 0.6) is 5.75 Å². The van der Waals surface area contributed by atoms with Crippen molar-refractivity contribution in [2.24, 2.45) is 0 Å². The normalized spacial score (nSPS) is 16.7. The molecule has 1 saturated heterocycles. The molecule has 4 aromatic rings. The molecule has 0 saturated carbocycles. The zero-order valence-corrected chi connectivity index (χ0v) is 19.2. The first-order valence-electron chi connectivity index (χ1n) is 11.6. The van der Waals surface area contributed by atoms with Gasteiger partial charge in [0, 0.05) is 23.1 Å². The van der Waals surface area contributed by atoms with E-state index in [1.165, 1.54) is 10.5 Å². The van der Waals surface area contributed by atoms with Gasteiger partial charge >= 0.3 is 0 Å². The van der Waals surface area contributed by atoms with E-state index >= 15 is 0 Å². The molecule has 1 fully saturated rings. The number of tetrazole rings is 1. The number of aromatic amines is 1. The van der Waals surface area contributed by atoms with Crippen LogP contribution in [0.4, 0.5) is 0 Å². The number of H-pyrrole nitrogens is 1. The van der Waals surface area contributed by atoms with E-state index < -0.39 is 0 Å². The molecular weight excluding hydrogens is 432 g/mol. The summed E-state index contributed by atoms with van der Waals surface area (Å²) in [6.45, 7) is 3.30. The van der Waals surface area contributed by atoms with Gasteiger partial charge in [-0.05, 0) is 47.5 Å². The third kappa shape index (κ3) is 5.16. The Labute approximate surface area is 197 Å². The van der Waals surface area contributed by atoms with Crippen LogP contribution in [0.25, 0.3) is 10.9 Å². The maximum absolute atomic E-state index is 12.9. The summed E-state index contributed by atoms with van der Waals surface area (Å²) in [4.78, 5) is 17.1. The standard InChI is InChI=1S/C25H28N6O3/c1-33-21-9-10-23-19(13-21)12-20(25(32)26-23)15-30(14-18-6-3-2-4-7-18)17-24-27-28-29-31(24)16-22-8-5-11-34-22/h2-4,6-7,9-10,12-13,22H,5,8,11,14-17H2,1H3,(H,26,32)/p+1/t22-/m1/s1. The highest BCUT2D eigenvalue weighted by molar-refractivity contribution is 5.80. The highest BCUT2D eigenvalue weighted by Crippen LogP contribution is 2.18. The van der Waals surface area contributed by atoms with Gasteiger partial charge in [0.2, 0.25) is 5.82 Å². The Morgan fingerprint density at radius 3 is 2.82 bits per heavy atom. The van der Waals surface area contributed by atoms with Gasteiger partial charge in [-0.2, -0.15) is 0 Å². The highest BCUT2D eigenvalue weighted by atomic mass is 16.5. The van der Waals surface area contributed by atoms with E-state index in [2.05, 4.69) is 32.6 Å². The second kappa shape index (κ2) is 10.1. The van der Waals surface area contributed by atoms with E-state index in [9.17, 15) is 4.79 Å². The number of benzene rings is 2. The molecule has 2 atom stereocenters. The Kier molecular flexibility index (Phi) is 6.64. The number of quaternary nitrogens is 1. The van der Waals surface area contributed by atoms with E-state index in [0.717, 1.165) is 48.5 Å². The molecule has 2 aromatic carbocycles. The number of methoxy groups -OCH3 is 1. The first-order valence-corrected chi connectivity index (χ1v) is 11.6. The van der Waals surface area contributed by atoms with Crippen LogP contribution in [-0.2, 0) is 30.9 Å². The van der Waals surface area contributed by atoms with Crippen molar-refractivity contribution in [1.29, 1.82) is 0 Å². The predicted molar refractivity (Wildman–Crippen MR) is 126 cm³/mol. The SMILES string of the molecule is COc1ccc2[nH]c(=O)c(C[NH+](Cc3ccccc3)Cc3nnnn3C[C@H]3CCCO3)cc2c1. The second-order valence-corrected chi connectivity index (χ2v) is 8.76. The number of pyridine rings is 1. The number of ether oxygens (including phenoxy) is 2. The number of nitrogens with zero attached hydrogens (tertiary/aromatic N) is 4. The van der Waals surface area contributed by atoms with Crippen molar-refractivity contribution in [2.45, 2.75) is 45.1 Å². The lowest BCUT2D eigenvalue weighted by atomic mass is 10.1. The first kappa shape index (κ1) is 22.2. The molecule has 176 valence electrons. The topological polar surface area (TPSA) is 99.4 Å². The van der Waals surface area contributed by atoms with E-state index in [1.54, 1.807) is 7.11 Å². The Morgan fingerprint density at radius 1 is 1.15 bits per heavy atom. The monoisotopic (exact) mass is 461 g/mol. The third-order valence-electron chi connectivity index (χ3n) is 6.28. The molecular formula is C25H29N6O3+. The van der Waals surface area contributed by atoms with E-state index in [1.807, 2.05) is 47.1 Å². The minimum Gasteiger partial charge on any atom is -0.497 e. The molecule has 1 aliphatic heterocycles. The number of rotatable bonds is 9. The van der Waals surface area contributed by atoms with Crippen molar-refractivity contribution < 1.29 is 14.4 Å². The average molecular weight is 462 g/mol. The largest absolute Gasteiger partial charge is 0.497 e. The smallest absolute Gasteiger partial charge is 0.257 e. The van der Waals surface area contributed by atoms with E-state index in [4.69, 9.17) is 9.47 Å². The summed E-state index contributed by atoms with van der Waals surface area (Å²) in [5.41, 5.74) is 2.61. The molecule has 34 heavy (non-hydrogen) atoms. The first-order chi connectivity index (χ1) is 16.7. The van der Waals surface area contributed by atoms with Crippen LogP contribution >= 0.6 is 0 Å². The molecule has 0 bridgehead atoms. The van der Waals surface area contributed by atoms with Crippen molar-refractivity contribution >= 4 is 10.9 Å². The van der Waals surface area contributed by atoms with Gasteiger partial charge in [-0.3, -0.25) is 4.79 Å². The lowest BCUT2D eigenvalue weighted by molar-refractivity contribution is -0.941. The molecule has 0 radical (unpaired) electrons. The fraction of sp³-hybridized carbons (Fsp3) is 0.360. The molecule has 2 N–H and O–H groups in total. The summed E-state index contributed by atoms with van der Waals surface area (Å²) in [5.74, 6) is 1.55. The lowest BCUT2D eigenvalue weighted by Crippen LogP contribution is -3.08. The van der Waals surface area contributed by atoms with Crippen LogP contribution in [0.3, 0.4) is 0 Å². The van der Waals surface area contributed by atoms with Crippen LogP contribution in [0.2, 0.25) is 0 Å². The van der Waals surface area contributed by atoms with Gasteiger partial charge in [0.15, 0.2) is 0 Å². The van der Waals surface area contributed by atoms with Crippen LogP contribution < -0.4 is 15.2 Å². The number of nitrogens with one attached hydrogen (secondary N) is 2. The molecule has 0 aliphatic carbocycles. The van der Waals surface area contributed by atoms with Crippen molar-refractivity contribution in [3.63, 3.8) is 0 Å². The molecule has 1 unspecified atom stereocenters. The summed E-state index contributed by atoms with van der Waals surface area (Å²) < 4.78 is 13.0. The van der Waals surface area contributed by atoms with Gasteiger partial charge in [-0.15, -0.1) is 5.10 Å². The molecule has 1 aliphatic rings. The maximum Gasteiger partial charge on any atom is 0.257 e. The minimum atomic E-state index is -0.0813. The molecule has 9 heteroatoms. The fourth-order valence-electron chi connectivity index (χ4n) is 4.53. The summed E-state index contributed by atoms with van der Waals surface area (Å²) in [5, 5.41) is 13.4. The number of fused-ring (bicyclic) bond motifs is 1. The Hall–Kier alpha value is -3.56. The number of aromatic nitrogens is 5. The van der Waals surface area contributed by atoms with Crippen molar-refractivity contribution in [1.82, 2.24) is 25.2 Å². The van der Waals surface area contributed by atoms with Crippen LogP contribution in [0.1, 0.15) is 29.8 Å². The molecule has 0 spiro atoms. The van der Waals surface area contributed by atoms with E-state index in [-0.39, 0.29) is 11.7 Å². The van der Waals surface area contributed by atoms with Gasteiger partial charge in [-0.25, -0.2) is 4.68 Å². The van der Waals surface area contributed by atoms with Crippen LogP contribution in [0, 0.1) is 0 Å². The van der Waals surface area contributed by atoms with Gasteiger partial charge in [0.05, 0.1) is 25.3 Å². The zero-order chi connectivity index (χ0) is 23.3. The van der Waals surface area contributed by atoms with Crippen molar-refractivity contribution in [3.8, 4) is 5.75 Å². The van der Waals surface area contributed by atoms with Crippen LogP contribution in [-0.4, -0.2) is 45.0 Å². The van der Waals surface area contributed by atoms with Gasteiger partial charge in [-0.1, -0.05) is 30.3 Å². The summed E-state index contributed by atoms with van der Waals surface area (Å²) >= 11 is 0. The van der Waals surface area contributed by atoms with Gasteiger partial charge < -0.3 is 19.4 Å². The van der Waals surface area contributed by atoms with Crippen molar-refractivity contribution in [3.05, 3.63) is 81.9 Å². The Balaban J connectivity index is 1.42. The lowest BCUT2D eigenvalue weighted by Gasteiger charge is -2.20. The molecule has 9 nitrogen and oxygen atoms in total. The molecule has 0 amide bonds. The average Bonchev–Trinajstić information content (AvgIpc) is 3.52. The summed E-state index contributed by atoms with van der Waals surface area (Å²) in [6.07, 6.45) is 2.25. The molecule has 5 rings (SSSR count). The Bertz CT molecular complexity index is 1300. The zero-order valence-electron chi connectivity index (χ0n) is 19.2. The quantitative estimate of drug-likeness (QED) is 0.392. The second-order valence-electron chi connectivity index (χ2n) is 8.76. The summed E-state index contributed by atoms with van der Waals surface area (Å²) in [7, 11) is 1.64. The fourth-order valence-corrected chi connectivity index (χ4v) is 4.53. The molecule has 3 heterocycles. The maximum atomic E-state index is 12.9. The predicted octanol–water partition coefficient (Wildman–Crippen LogP) is 1.49. The van der Waals surface area contributed by atoms with E-state index in [0.29, 0.717) is 25.2 Å². The number of hydrogen-bond donors (Lipinski definition) is 2. The minimum absolute atomic E-state index is 0.0813. The van der Waals surface area contributed by atoms with Gasteiger partial charge in [0.1, 0.15) is 25.4 Å². The summed E-state index contributed by atoms with van der Waals surface area (Å²) in [6, 6.07) is 17.9. The van der Waals surface area contributed by atoms with Crippen LogP contribution in [0.15, 0.2) is 59.4 Å². The van der Waals surface area contributed by atoms with Gasteiger partial charge in [0.25, 0.3) is 5.56 Å². The molecule has 2 aromatic heterocycles. The highest BCUT2D eigenvalue weighted by Gasteiger charge is 2.22. The number of hydrogen-bond acceptors (Lipinski definition) is 6. The third-order valence-corrected chi connectivity index (χ3v) is 6.28. The Morgan fingerprint density at radius 2 is 2.03 bits per heavy atom. The van der Waals surface area contributed by atoms with Crippen molar-refractivity contribution in [2.75, 3.05) is 13.7 Å².